The summed E-state index contributed by atoms with van der Waals surface area (Å²) >= 11 is 0. The predicted molar refractivity (Wildman–Crippen MR) is 44.8 cm³/mol. The zero-order valence-corrected chi connectivity index (χ0v) is 7.76. The van der Waals surface area contributed by atoms with Crippen LogP contribution in [0.25, 0.3) is 0 Å². The van der Waals surface area contributed by atoms with Gasteiger partial charge in [0.2, 0.25) is 0 Å². The van der Waals surface area contributed by atoms with Gasteiger partial charge in [0.1, 0.15) is 5.78 Å². The van der Waals surface area contributed by atoms with Gasteiger partial charge in [0.25, 0.3) is 0 Å². The van der Waals surface area contributed by atoms with E-state index in [1.54, 1.807) is 6.92 Å². The standard InChI is InChI=1S/C9H16O3/c1-8(10)7-9(2)11-5-3-4-6-12-9/h3-7H2,1-2H3. The molecule has 0 atom stereocenters. The first-order chi connectivity index (χ1) is 5.62. The molecule has 0 bridgehead atoms. The number of hydrogen-bond acceptors (Lipinski definition) is 3. The fraction of sp³-hybridized carbons (Fsp3) is 0.889. The minimum Gasteiger partial charge on any atom is -0.350 e. The summed E-state index contributed by atoms with van der Waals surface area (Å²) in [5, 5.41) is 0. The van der Waals surface area contributed by atoms with E-state index in [9.17, 15) is 4.79 Å². The van der Waals surface area contributed by atoms with Crippen molar-refractivity contribution < 1.29 is 14.3 Å². The summed E-state index contributed by atoms with van der Waals surface area (Å²) in [6, 6.07) is 0. The van der Waals surface area contributed by atoms with Gasteiger partial charge in [0, 0.05) is 0 Å². The van der Waals surface area contributed by atoms with Crippen LogP contribution in [0.5, 0.6) is 0 Å². The highest BCUT2D eigenvalue weighted by Gasteiger charge is 2.28. The van der Waals surface area contributed by atoms with Crippen molar-refractivity contribution in [3.8, 4) is 0 Å². The van der Waals surface area contributed by atoms with Crippen molar-refractivity contribution in [2.45, 2.75) is 38.9 Å². The molecule has 12 heavy (non-hydrogen) atoms. The van der Waals surface area contributed by atoms with Gasteiger partial charge in [0.05, 0.1) is 19.6 Å². The van der Waals surface area contributed by atoms with Crippen LogP contribution in [0.3, 0.4) is 0 Å². The van der Waals surface area contributed by atoms with Crippen molar-refractivity contribution in [2.75, 3.05) is 13.2 Å². The molecule has 0 aromatic heterocycles. The van der Waals surface area contributed by atoms with E-state index in [-0.39, 0.29) is 5.78 Å². The van der Waals surface area contributed by atoms with Crippen LogP contribution in [0, 0.1) is 0 Å². The fourth-order valence-corrected chi connectivity index (χ4v) is 1.38. The summed E-state index contributed by atoms with van der Waals surface area (Å²) in [4.78, 5) is 10.9. The zero-order chi connectivity index (χ0) is 9.03. The Morgan fingerprint density at radius 1 is 1.33 bits per heavy atom. The fourth-order valence-electron chi connectivity index (χ4n) is 1.38. The molecular formula is C9H16O3. The van der Waals surface area contributed by atoms with Crippen molar-refractivity contribution in [3.05, 3.63) is 0 Å². The molecule has 0 aromatic carbocycles. The molecule has 0 saturated carbocycles. The molecule has 1 aliphatic heterocycles. The third kappa shape index (κ3) is 2.91. The number of carbonyl (C=O) groups is 1. The normalized spacial score (nSPS) is 23.2. The Hall–Kier alpha value is -0.410. The second kappa shape index (κ2) is 4.01. The van der Waals surface area contributed by atoms with Crippen molar-refractivity contribution in [1.29, 1.82) is 0 Å². The Kier molecular flexibility index (Phi) is 3.23. The highest BCUT2D eigenvalue weighted by molar-refractivity contribution is 5.76. The maximum Gasteiger partial charge on any atom is 0.172 e. The number of ketones is 1. The lowest BCUT2D eigenvalue weighted by molar-refractivity contribution is -0.214. The van der Waals surface area contributed by atoms with Crippen LogP contribution < -0.4 is 0 Å². The van der Waals surface area contributed by atoms with E-state index in [4.69, 9.17) is 9.47 Å². The van der Waals surface area contributed by atoms with E-state index >= 15 is 0 Å². The smallest absolute Gasteiger partial charge is 0.172 e. The highest BCUT2D eigenvalue weighted by Crippen LogP contribution is 2.21. The molecule has 1 saturated heterocycles. The van der Waals surface area contributed by atoms with Crippen LogP contribution in [0.1, 0.15) is 33.1 Å². The number of ether oxygens (including phenoxy) is 2. The topological polar surface area (TPSA) is 35.5 Å². The van der Waals surface area contributed by atoms with Crippen molar-refractivity contribution in [1.82, 2.24) is 0 Å². The molecule has 0 amide bonds. The summed E-state index contributed by atoms with van der Waals surface area (Å²) < 4.78 is 10.9. The Morgan fingerprint density at radius 2 is 1.83 bits per heavy atom. The molecule has 0 spiro atoms. The van der Waals surface area contributed by atoms with E-state index in [1.807, 2.05) is 6.92 Å². The maximum absolute atomic E-state index is 10.9. The van der Waals surface area contributed by atoms with Crippen LogP contribution in [-0.2, 0) is 14.3 Å². The lowest BCUT2D eigenvalue weighted by atomic mass is 10.1. The van der Waals surface area contributed by atoms with E-state index in [2.05, 4.69) is 0 Å². The van der Waals surface area contributed by atoms with Gasteiger partial charge in [0.15, 0.2) is 5.79 Å². The second-order valence-electron chi connectivity index (χ2n) is 3.42. The molecule has 1 rings (SSSR count). The monoisotopic (exact) mass is 172 g/mol. The minimum atomic E-state index is -0.664. The van der Waals surface area contributed by atoms with Crippen LogP contribution >= 0.6 is 0 Å². The third-order valence-electron chi connectivity index (χ3n) is 1.92. The van der Waals surface area contributed by atoms with Gasteiger partial charge in [-0.2, -0.15) is 0 Å². The molecule has 1 aliphatic rings. The molecule has 3 nitrogen and oxygen atoms in total. The molecule has 0 aliphatic carbocycles. The van der Waals surface area contributed by atoms with Gasteiger partial charge in [-0.1, -0.05) is 0 Å². The highest BCUT2D eigenvalue weighted by atomic mass is 16.7. The van der Waals surface area contributed by atoms with Crippen LogP contribution in [0.2, 0.25) is 0 Å². The minimum absolute atomic E-state index is 0.111. The van der Waals surface area contributed by atoms with Gasteiger partial charge >= 0.3 is 0 Å². The Balaban J connectivity index is 2.48. The molecule has 1 heterocycles. The Morgan fingerprint density at radius 3 is 2.25 bits per heavy atom. The average molecular weight is 172 g/mol. The van der Waals surface area contributed by atoms with Crippen molar-refractivity contribution in [2.24, 2.45) is 0 Å². The number of carbonyl (C=O) groups excluding carboxylic acids is 1. The lowest BCUT2D eigenvalue weighted by Gasteiger charge is -2.26. The van der Waals surface area contributed by atoms with Gasteiger partial charge in [-0.15, -0.1) is 0 Å². The Bertz CT molecular complexity index is 157. The largest absolute Gasteiger partial charge is 0.350 e. The Labute approximate surface area is 73.0 Å². The molecule has 0 N–H and O–H groups in total. The van der Waals surface area contributed by atoms with Crippen LogP contribution in [0.15, 0.2) is 0 Å². The maximum atomic E-state index is 10.9. The number of rotatable bonds is 2. The SMILES string of the molecule is CC(=O)CC1(C)OCCCCO1. The number of Topliss-reactive ketones (excluding diaryl/α,β-unsaturated/α-hetero) is 1. The summed E-state index contributed by atoms with van der Waals surface area (Å²) in [7, 11) is 0. The van der Waals surface area contributed by atoms with E-state index in [1.165, 1.54) is 0 Å². The van der Waals surface area contributed by atoms with Gasteiger partial charge in [-0.05, 0) is 26.7 Å². The van der Waals surface area contributed by atoms with E-state index in [0.717, 1.165) is 12.8 Å². The summed E-state index contributed by atoms with van der Waals surface area (Å²) in [6.07, 6.45) is 2.40. The molecule has 1 fully saturated rings. The summed E-state index contributed by atoms with van der Waals surface area (Å²) in [5.41, 5.74) is 0. The number of hydrogen-bond donors (Lipinski definition) is 0. The second-order valence-corrected chi connectivity index (χ2v) is 3.42. The first-order valence-corrected chi connectivity index (χ1v) is 4.40. The van der Waals surface area contributed by atoms with Crippen molar-refractivity contribution >= 4 is 5.78 Å². The molecule has 0 aromatic rings. The molecule has 70 valence electrons. The van der Waals surface area contributed by atoms with Crippen LogP contribution in [-0.4, -0.2) is 24.8 Å². The van der Waals surface area contributed by atoms with Crippen molar-refractivity contribution in [3.63, 3.8) is 0 Å². The first kappa shape index (κ1) is 9.68. The average Bonchev–Trinajstić information content (AvgIpc) is 2.12. The molecular weight excluding hydrogens is 156 g/mol. The predicted octanol–water partition coefficient (Wildman–Crippen LogP) is 1.51. The lowest BCUT2D eigenvalue weighted by Crippen LogP contribution is -2.33. The quantitative estimate of drug-likeness (QED) is 0.633. The molecule has 3 heteroatoms. The van der Waals surface area contributed by atoms with E-state index < -0.39 is 5.79 Å². The summed E-state index contributed by atoms with van der Waals surface area (Å²) in [5.74, 6) is -0.554. The molecule has 0 unspecified atom stereocenters. The van der Waals surface area contributed by atoms with Crippen LogP contribution in [0.4, 0.5) is 0 Å². The van der Waals surface area contributed by atoms with Gasteiger partial charge in [-0.25, -0.2) is 0 Å². The third-order valence-corrected chi connectivity index (χ3v) is 1.92. The van der Waals surface area contributed by atoms with Gasteiger partial charge < -0.3 is 9.47 Å². The van der Waals surface area contributed by atoms with Gasteiger partial charge in [-0.3, -0.25) is 4.79 Å². The molecule has 0 radical (unpaired) electrons. The summed E-state index contributed by atoms with van der Waals surface area (Å²) in [6.45, 7) is 4.79. The van der Waals surface area contributed by atoms with E-state index in [0.29, 0.717) is 19.6 Å². The first-order valence-electron chi connectivity index (χ1n) is 4.40. The zero-order valence-electron chi connectivity index (χ0n) is 7.76.